The van der Waals surface area contributed by atoms with Gasteiger partial charge in [-0.05, 0) is 49.7 Å². The average Bonchev–Trinajstić information content (AvgIpc) is 2.48. The van der Waals surface area contributed by atoms with E-state index in [0.29, 0.717) is 5.69 Å². The predicted octanol–water partition coefficient (Wildman–Crippen LogP) is 3.24. The minimum absolute atomic E-state index is 0.195. The molecule has 114 valence electrons. The third-order valence-corrected chi connectivity index (χ3v) is 3.07. The van der Waals surface area contributed by atoms with Crippen molar-refractivity contribution in [3.05, 3.63) is 65.0 Å². The Hall–Kier alpha value is -2.69. The molecule has 0 fully saturated rings. The zero-order chi connectivity index (χ0) is 16.1. The van der Waals surface area contributed by atoms with Crippen LogP contribution in [0, 0.1) is 19.7 Å². The van der Waals surface area contributed by atoms with Crippen molar-refractivity contribution in [2.24, 2.45) is 0 Å². The Balaban J connectivity index is 1.89. The molecule has 1 N–H and O–H groups in total. The summed E-state index contributed by atoms with van der Waals surface area (Å²) in [5.74, 6) is -1.54. The SMILES string of the molecule is Cc1ccc(NC(=O)COC(=O)c2ccc(F)cc2)c(C)c1. The van der Waals surface area contributed by atoms with Gasteiger partial charge in [0.1, 0.15) is 5.82 Å². The summed E-state index contributed by atoms with van der Waals surface area (Å²) < 4.78 is 17.6. The molecule has 0 unspecified atom stereocenters. The highest BCUT2D eigenvalue weighted by molar-refractivity contribution is 5.95. The first-order chi connectivity index (χ1) is 10.5. The van der Waals surface area contributed by atoms with Gasteiger partial charge in [-0.25, -0.2) is 9.18 Å². The van der Waals surface area contributed by atoms with Gasteiger partial charge in [0.05, 0.1) is 5.56 Å². The third-order valence-electron chi connectivity index (χ3n) is 3.07. The number of carbonyl (C=O) groups excluding carboxylic acids is 2. The highest BCUT2D eigenvalue weighted by atomic mass is 19.1. The Bertz CT molecular complexity index is 696. The van der Waals surface area contributed by atoms with Crippen molar-refractivity contribution in [2.45, 2.75) is 13.8 Å². The van der Waals surface area contributed by atoms with E-state index < -0.39 is 24.3 Å². The smallest absolute Gasteiger partial charge is 0.338 e. The second-order valence-electron chi connectivity index (χ2n) is 4.95. The van der Waals surface area contributed by atoms with E-state index in [4.69, 9.17) is 4.74 Å². The zero-order valence-electron chi connectivity index (χ0n) is 12.4. The maximum absolute atomic E-state index is 12.8. The molecule has 0 saturated heterocycles. The van der Waals surface area contributed by atoms with Crippen molar-refractivity contribution in [3.8, 4) is 0 Å². The van der Waals surface area contributed by atoms with Crippen LogP contribution in [0.4, 0.5) is 10.1 Å². The van der Waals surface area contributed by atoms with Crippen LogP contribution in [0.5, 0.6) is 0 Å². The van der Waals surface area contributed by atoms with Crippen molar-refractivity contribution in [1.29, 1.82) is 0 Å². The van der Waals surface area contributed by atoms with E-state index in [1.807, 2.05) is 26.0 Å². The largest absolute Gasteiger partial charge is 0.452 e. The van der Waals surface area contributed by atoms with Gasteiger partial charge < -0.3 is 10.1 Å². The molecule has 2 aromatic carbocycles. The van der Waals surface area contributed by atoms with Crippen molar-refractivity contribution in [2.75, 3.05) is 11.9 Å². The fourth-order valence-corrected chi connectivity index (χ4v) is 1.94. The van der Waals surface area contributed by atoms with Crippen molar-refractivity contribution >= 4 is 17.6 Å². The Morgan fingerprint density at radius 3 is 2.41 bits per heavy atom. The zero-order valence-corrected chi connectivity index (χ0v) is 12.4. The van der Waals surface area contributed by atoms with Gasteiger partial charge in [-0.2, -0.15) is 0 Å². The summed E-state index contributed by atoms with van der Waals surface area (Å²) >= 11 is 0. The number of amides is 1. The third kappa shape index (κ3) is 4.15. The van der Waals surface area contributed by atoms with Gasteiger partial charge >= 0.3 is 5.97 Å². The van der Waals surface area contributed by atoms with Gasteiger partial charge in [-0.1, -0.05) is 17.7 Å². The topological polar surface area (TPSA) is 55.4 Å². The van der Waals surface area contributed by atoms with E-state index in [2.05, 4.69) is 5.32 Å². The molecule has 0 aromatic heterocycles. The van der Waals surface area contributed by atoms with Crippen molar-refractivity contribution in [3.63, 3.8) is 0 Å². The fraction of sp³-hybridized carbons (Fsp3) is 0.176. The monoisotopic (exact) mass is 301 g/mol. The molecule has 2 rings (SSSR count). The lowest BCUT2D eigenvalue weighted by atomic mass is 10.1. The molecule has 0 atom stereocenters. The van der Waals surface area contributed by atoms with Gasteiger partial charge in [0.25, 0.3) is 5.91 Å². The number of rotatable bonds is 4. The second kappa shape index (κ2) is 6.85. The summed E-state index contributed by atoms with van der Waals surface area (Å²) in [5, 5.41) is 2.68. The Morgan fingerprint density at radius 1 is 1.09 bits per heavy atom. The number of nitrogens with one attached hydrogen (secondary N) is 1. The molecule has 0 aliphatic heterocycles. The van der Waals surface area contributed by atoms with Crippen molar-refractivity contribution in [1.82, 2.24) is 0 Å². The average molecular weight is 301 g/mol. The van der Waals surface area contributed by atoms with Crippen LogP contribution in [0.2, 0.25) is 0 Å². The van der Waals surface area contributed by atoms with Crippen LogP contribution < -0.4 is 5.32 Å². The van der Waals surface area contributed by atoms with E-state index in [-0.39, 0.29) is 5.56 Å². The highest BCUT2D eigenvalue weighted by Gasteiger charge is 2.11. The minimum Gasteiger partial charge on any atom is -0.452 e. The Kier molecular flexibility index (Phi) is 4.88. The number of esters is 1. The summed E-state index contributed by atoms with van der Waals surface area (Å²) in [6.45, 7) is 3.44. The van der Waals surface area contributed by atoms with E-state index in [1.165, 1.54) is 12.1 Å². The number of benzene rings is 2. The maximum Gasteiger partial charge on any atom is 0.338 e. The molecule has 0 radical (unpaired) electrons. The van der Waals surface area contributed by atoms with E-state index in [0.717, 1.165) is 23.3 Å². The molecular formula is C17H16FNO3. The van der Waals surface area contributed by atoms with Gasteiger partial charge in [-0.15, -0.1) is 0 Å². The van der Waals surface area contributed by atoms with Crippen LogP contribution in [-0.2, 0) is 9.53 Å². The van der Waals surface area contributed by atoms with Crippen LogP contribution in [0.3, 0.4) is 0 Å². The van der Waals surface area contributed by atoms with Crippen molar-refractivity contribution < 1.29 is 18.7 Å². The first-order valence-electron chi connectivity index (χ1n) is 6.75. The summed E-state index contributed by atoms with van der Waals surface area (Å²) in [6, 6.07) is 10.6. The van der Waals surface area contributed by atoms with E-state index in [1.54, 1.807) is 6.07 Å². The molecule has 2 aromatic rings. The summed E-state index contributed by atoms with van der Waals surface area (Å²) in [7, 11) is 0. The molecule has 1 amide bonds. The lowest BCUT2D eigenvalue weighted by Gasteiger charge is -2.09. The van der Waals surface area contributed by atoms with Crippen LogP contribution >= 0.6 is 0 Å². The number of aryl methyl sites for hydroxylation is 2. The lowest BCUT2D eigenvalue weighted by Crippen LogP contribution is -2.21. The van der Waals surface area contributed by atoms with Crippen LogP contribution in [0.25, 0.3) is 0 Å². The Labute approximate surface area is 127 Å². The molecule has 0 bridgehead atoms. The molecule has 4 nitrogen and oxygen atoms in total. The number of anilines is 1. The first-order valence-corrected chi connectivity index (χ1v) is 6.75. The molecule has 0 aliphatic carbocycles. The standard InChI is InChI=1S/C17H16FNO3/c1-11-3-8-15(12(2)9-11)19-16(20)10-22-17(21)13-4-6-14(18)7-5-13/h3-9H,10H2,1-2H3,(H,19,20). The molecule has 0 heterocycles. The van der Waals surface area contributed by atoms with Crippen LogP contribution in [-0.4, -0.2) is 18.5 Å². The normalized spacial score (nSPS) is 10.1. The molecule has 5 heteroatoms. The minimum atomic E-state index is -0.671. The molecule has 22 heavy (non-hydrogen) atoms. The fourth-order valence-electron chi connectivity index (χ4n) is 1.94. The summed E-state index contributed by atoms with van der Waals surface area (Å²) in [4.78, 5) is 23.5. The number of hydrogen-bond donors (Lipinski definition) is 1. The van der Waals surface area contributed by atoms with Gasteiger partial charge in [0, 0.05) is 5.69 Å². The van der Waals surface area contributed by atoms with E-state index in [9.17, 15) is 14.0 Å². The Morgan fingerprint density at radius 2 is 1.77 bits per heavy atom. The van der Waals surface area contributed by atoms with Crippen LogP contribution in [0.1, 0.15) is 21.5 Å². The second-order valence-corrected chi connectivity index (χ2v) is 4.95. The van der Waals surface area contributed by atoms with E-state index >= 15 is 0 Å². The van der Waals surface area contributed by atoms with Crippen LogP contribution in [0.15, 0.2) is 42.5 Å². The highest BCUT2D eigenvalue weighted by Crippen LogP contribution is 2.15. The number of ether oxygens (including phenoxy) is 1. The van der Waals surface area contributed by atoms with Gasteiger partial charge in [0.15, 0.2) is 6.61 Å². The molecule has 0 aliphatic rings. The number of halogens is 1. The van der Waals surface area contributed by atoms with Gasteiger partial charge in [0.2, 0.25) is 0 Å². The summed E-state index contributed by atoms with van der Waals surface area (Å²) in [5.41, 5.74) is 2.89. The number of carbonyl (C=O) groups is 2. The van der Waals surface area contributed by atoms with Gasteiger partial charge in [-0.3, -0.25) is 4.79 Å². The molecule has 0 spiro atoms. The molecule has 0 saturated carbocycles. The first kappa shape index (κ1) is 15.7. The maximum atomic E-state index is 12.8. The molecular weight excluding hydrogens is 285 g/mol. The number of hydrogen-bond acceptors (Lipinski definition) is 3. The quantitative estimate of drug-likeness (QED) is 0.882. The summed E-state index contributed by atoms with van der Waals surface area (Å²) in [6.07, 6.45) is 0. The lowest BCUT2D eigenvalue weighted by molar-refractivity contribution is -0.119. The predicted molar refractivity (Wildman–Crippen MR) is 81.2 cm³/mol.